The molecule has 0 aromatic heterocycles. The third kappa shape index (κ3) is 2.62. The van der Waals surface area contributed by atoms with E-state index in [0.29, 0.717) is 0 Å². The molecular weight excluding hydrogens is 243 g/mol. The predicted octanol–water partition coefficient (Wildman–Crippen LogP) is 2.32. The number of hydrogen-bond donors (Lipinski definition) is 2. The Balaban J connectivity index is 3.19. The standard InChI is InChI=1S/C9H8ClFO3S/c1-15-8-5(10)2-4(3-6(8)11)7(12)9(13)14/h2-3,7,12H,1H3,(H,13,14). The van der Waals surface area contributed by atoms with E-state index in [2.05, 4.69) is 0 Å². The van der Waals surface area contributed by atoms with E-state index in [0.717, 1.165) is 17.8 Å². The number of rotatable bonds is 3. The summed E-state index contributed by atoms with van der Waals surface area (Å²) in [7, 11) is 0. The van der Waals surface area contributed by atoms with E-state index < -0.39 is 17.9 Å². The minimum Gasteiger partial charge on any atom is -0.479 e. The van der Waals surface area contributed by atoms with Crippen molar-refractivity contribution in [3.05, 3.63) is 28.5 Å². The number of halogens is 2. The van der Waals surface area contributed by atoms with Gasteiger partial charge in [0.15, 0.2) is 6.10 Å². The fraction of sp³-hybridized carbons (Fsp3) is 0.222. The van der Waals surface area contributed by atoms with Crippen LogP contribution < -0.4 is 0 Å². The van der Waals surface area contributed by atoms with Crippen LogP contribution >= 0.6 is 23.4 Å². The van der Waals surface area contributed by atoms with Gasteiger partial charge in [0.1, 0.15) is 5.82 Å². The second-order valence-electron chi connectivity index (χ2n) is 2.76. The Morgan fingerprint density at radius 1 is 1.60 bits per heavy atom. The molecule has 0 aliphatic heterocycles. The van der Waals surface area contributed by atoms with E-state index in [1.54, 1.807) is 6.26 Å². The summed E-state index contributed by atoms with van der Waals surface area (Å²) >= 11 is 6.83. The molecule has 82 valence electrons. The first kappa shape index (κ1) is 12.3. The van der Waals surface area contributed by atoms with Gasteiger partial charge in [-0.2, -0.15) is 0 Å². The Bertz CT molecular complexity index is 374. The van der Waals surface area contributed by atoms with Gasteiger partial charge in [-0.15, -0.1) is 11.8 Å². The molecule has 0 aliphatic carbocycles. The van der Waals surface area contributed by atoms with Gasteiger partial charge in [-0.25, -0.2) is 9.18 Å². The van der Waals surface area contributed by atoms with Crippen molar-refractivity contribution in [2.45, 2.75) is 11.0 Å². The minimum absolute atomic E-state index is 0.0669. The smallest absolute Gasteiger partial charge is 0.337 e. The third-order valence-corrected chi connectivity index (χ3v) is 3.01. The van der Waals surface area contributed by atoms with Crippen LogP contribution in [0.1, 0.15) is 11.7 Å². The first-order valence-corrected chi connectivity index (χ1v) is 5.51. The molecule has 0 saturated heterocycles. The van der Waals surface area contributed by atoms with Crippen LogP contribution in [0.2, 0.25) is 5.02 Å². The zero-order chi connectivity index (χ0) is 11.6. The molecule has 6 heteroatoms. The van der Waals surface area contributed by atoms with Crippen LogP contribution in [0.3, 0.4) is 0 Å². The Morgan fingerprint density at radius 3 is 2.60 bits per heavy atom. The highest BCUT2D eigenvalue weighted by Gasteiger charge is 2.19. The Morgan fingerprint density at radius 2 is 2.20 bits per heavy atom. The predicted molar refractivity (Wildman–Crippen MR) is 55.8 cm³/mol. The molecule has 3 nitrogen and oxygen atoms in total. The number of benzene rings is 1. The highest BCUT2D eigenvalue weighted by Crippen LogP contribution is 2.31. The molecule has 0 heterocycles. The van der Waals surface area contributed by atoms with E-state index in [4.69, 9.17) is 16.7 Å². The topological polar surface area (TPSA) is 57.5 Å². The van der Waals surface area contributed by atoms with Gasteiger partial charge in [-0.1, -0.05) is 11.6 Å². The van der Waals surface area contributed by atoms with E-state index in [1.165, 1.54) is 6.07 Å². The van der Waals surface area contributed by atoms with Gasteiger partial charge in [0.25, 0.3) is 0 Å². The number of carbonyl (C=O) groups is 1. The highest BCUT2D eigenvalue weighted by molar-refractivity contribution is 7.98. The molecule has 0 amide bonds. The van der Waals surface area contributed by atoms with Crippen molar-refractivity contribution in [3.8, 4) is 0 Å². The van der Waals surface area contributed by atoms with E-state index in [-0.39, 0.29) is 15.5 Å². The number of carboxylic acids is 1. The quantitative estimate of drug-likeness (QED) is 0.809. The van der Waals surface area contributed by atoms with Crippen molar-refractivity contribution >= 4 is 29.3 Å². The van der Waals surface area contributed by atoms with Crippen molar-refractivity contribution in [3.63, 3.8) is 0 Å². The monoisotopic (exact) mass is 250 g/mol. The molecule has 15 heavy (non-hydrogen) atoms. The summed E-state index contributed by atoms with van der Waals surface area (Å²) in [4.78, 5) is 10.7. The summed E-state index contributed by atoms with van der Waals surface area (Å²) in [6.07, 6.45) is -0.106. The number of aliphatic carboxylic acids is 1. The molecule has 1 rings (SSSR count). The largest absolute Gasteiger partial charge is 0.479 e. The van der Waals surface area contributed by atoms with Crippen LogP contribution in [0, 0.1) is 5.82 Å². The van der Waals surface area contributed by atoms with Crippen molar-refractivity contribution in [1.82, 2.24) is 0 Å². The maximum absolute atomic E-state index is 13.3. The van der Waals surface area contributed by atoms with E-state index in [1.807, 2.05) is 0 Å². The average Bonchev–Trinajstić information content (AvgIpc) is 2.15. The second-order valence-corrected chi connectivity index (χ2v) is 3.98. The lowest BCUT2D eigenvalue weighted by atomic mass is 10.1. The molecule has 0 spiro atoms. The summed E-state index contributed by atoms with van der Waals surface area (Å²) in [5.74, 6) is -2.08. The molecule has 0 aliphatic rings. The van der Waals surface area contributed by atoms with Gasteiger partial charge < -0.3 is 10.2 Å². The maximum Gasteiger partial charge on any atom is 0.337 e. The third-order valence-electron chi connectivity index (χ3n) is 1.77. The van der Waals surface area contributed by atoms with Crippen molar-refractivity contribution < 1.29 is 19.4 Å². The van der Waals surface area contributed by atoms with E-state index >= 15 is 0 Å². The first-order chi connectivity index (χ1) is 6.97. The molecule has 1 aromatic rings. The fourth-order valence-corrected chi connectivity index (χ4v) is 2.03. The van der Waals surface area contributed by atoms with Crippen LogP contribution in [0.15, 0.2) is 17.0 Å². The van der Waals surface area contributed by atoms with Gasteiger partial charge in [0.2, 0.25) is 0 Å². The maximum atomic E-state index is 13.3. The number of aliphatic hydroxyl groups is 1. The molecule has 1 unspecified atom stereocenters. The summed E-state index contributed by atoms with van der Waals surface area (Å²) in [6, 6.07) is 2.21. The molecule has 0 radical (unpaired) electrons. The van der Waals surface area contributed by atoms with Crippen LogP contribution in [0.4, 0.5) is 4.39 Å². The SMILES string of the molecule is CSc1c(F)cc(C(O)C(=O)O)cc1Cl. The Kier molecular flexibility index (Phi) is 3.96. The summed E-state index contributed by atoms with van der Waals surface area (Å²) in [5, 5.41) is 17.8. The number of aliphatic hydroxyl groups excluding tert-OH is 1. The van der Waals surface area contributed by atoms with Gasteiger partial charge in [-0.3, -0.25) is 0 Å². The molecule has 1 aromatic carbocycles. The lowest BCUT2D eigenvalue weighted by Crippen LogP contribution is -2.10. The normalized spacial score (nSPS) is 12.5. The van der Waals surface area contributed by atoms with Crippen molar-refractivity contribution in [2.75, 3.05) is 6.26 Å². The van der Waals surface area contributed by atoms with Crippen molar-refractivity contribution in [2.24, 2.45) is 0 Å². The number of hydrogen-bond acceptors (Lipinski definition) is 3. The molecule has 0 saturated carbocycles. The first-order valence-electron chi connectivity index (χ1n) is 3.91. The van der Waals surface area contributed by atoms with Gasteiger partial charge in [-0.05, 0) is 24.0 Å². The zero-order valence-electron chi connectivity index (χ0n) is 7.70. The number of thioether (sulfide) groups is 1. The molecule has 1 atom stereocenters. The summed E-state index contributed by atoms with van der Waals surface area (Å²) in [5.41, 5.74) is -0.0669. The highest BCUT2D eigenvalue weighted by atomic mass is 35.5. The van der Waals surface area contributed by atoms with Crippen LogP contribution in [0.25, 0.3) is 0 Å². The minimum atomic E-state index is -1.76. The van der Waals surface area contributed by atoms with Gasteiger partial charge >= 0.3 is 5.97 Å². The van der Waals surface area contributed by atoms with Crippen LogP contribution in [-0.4, -0.2) is 22.4 Å². The fourth-order valence-electron chi connectivity index (χ4n) is 1.07. The Labute approximate surface area is 94.9 Å². The molecule has 2 N–H and O–H groups in total. The van der Waals surface area contributed by atoms with Crippen LogP contribution in [0.5, 0.6) is 0 Å². The molecule has 0 fully saturated rings. The summed E-state index contributed by atoms with van der Waals surface area (Å²) in [6.45, 7) is 0. The van der Waals surface area contributed by atoms with Gasteiger partial charge in [0.05, 0.1) is 9.92 Å². The van der Waals surface area contributed by atoms with Crippen LogP contribution in [-0.2, 0) is 4.79 Å². The second kappa shape index (κ2) is 4.83. The average molecular weight is 251 g/mol. The molecular formula is C9H8ClFO3S. The van der Waals surface area contributed by atoms with Crippen molar-refractivity contribution in [1.29, 1.82) is 0 Å². The number of carboxylic acid groups (broad SMARTS) is 1. The zero-order valence-corrected chi connectivity index (χ0v) is 9.27. The summed E-state index contributed by atoms with van der Waals surface area (Å²) < 4.78 is 13.3. The lowest BCUT2D eigenvalue weighted by Gasteiger charge is -2.09. The Hall–Kier alpha value is -0.780. The van der Waals surface area contributed by atoms with E-state index in [9.17, 15) is 14.3 Å². The lowest BCUT2D eigenvalue weighted by molar-refractivity contribution is -0.146. The molecule has 0 bridgehead atoms. The van der Waals surface area contributed by atoms with Gasteiger partial charge in [0, 0.05) is 0 Å².